The molecular weight excluding hydrogens is 424 g/mol. The first kappa shape index (κ1) is 23.3. The molecule has 0 amide bonds. The molecule has 1 aromatic carbocycles. The Morgan fingerprint density at radius 1 is 1.24 bits per heavy atom. The van der Waals surface area contributed by atoms with Gasteiger partial charge in [-0.15, -0.1) is 0 Å². The van der Waals surface area contributed by atoms with E-state index in [1.807, 2.05) is 12.3 Å². The maximum absolute atomic E-state index is 11.8. The van der Waals surface area contributed by atoms with Gasteiger partial charge in [-0.1, -0.05) is 38.1 Å². The van der Waals surface area contributed by atoms with Crippen LogP contribution < -0.4 is 10.5 Å². The summed E-state index contributed by atoms with van der Waals surface area (Å²) in [5.41, 5.74) is 10.6. The first-order valence-corrected chi connectivity index (χ1v) is 13.0. The molecule has 0 radical (unpaired) electrons. The second-order valence-electron chi connectivity index (χ2n) is 11.3. The van der Waals surface area contributed by atoms with Crippen LogP contribution in [0, 0.1) is 11.8 Å². The third kappa shape index (κ3) is 4.02. The monoisotopic (exact) mass is 462 g/mol. The van der Waals surface area contributed by atoms with Gasteiger partial charge in [0.2, 0.25) is 0 Å². The maximum atomic E-state index is 11.8. The summed E-state index contributed by atoms with van der Waals surface area (Å²) in [5.74, 6) is 1.56. The minimum Gasteiger partial charge on any atom is -0.493 e. The third-order valence-corrected chi connectivity index (χ3v) is 9.05. The number of ether oxygens (including phenoxy) is 1. The minimum absolute atomic E-state index is 0.0352. The van der Waals surface area contributed by atoms with E-state index in [4.69, 9.17) is 10.5 Å². The van der Waals surface area contributed by atoms with E-state index in [-0.39, 0.29) is 5.41 Å². The average Bonchev–Trinajstić information content (AvgIpc) is 3.12. The first-order valence-electron chi connectivity index (χ1n) is 13.0. The lowest BCUT2D eigenvalue weighted by atomic mass is 9.60. The summed E-state index contributed by atoms with van der Waals surface area (Å²) in [6.45, 7) is 5.27. The van der Waals surface area contributed by atoms with Gasteiger partial charge in [-0.25, -0.2) is 0 Å². The molecule has 1 saturated carbocycles. The van der Waals surface area contributed by atoms with Crippen LogP contribution in [0.25, 0.3) is 0 Å². The van der Waals surface area contributed by atoms with E-state index in [1.165, 1.54) is 35.2 Å². The Morgan fingerprint density at radius 2 is 2.00 bits per heavy atom. The Balaban J connectivity index is 1.31. The van der Waals surface area contributed by atoms with E-state index in [2.05, 4.69) is 43.1 Å². The van der Waals surface area contributed by atoms with Gasteiger partial charge in [-0.3, -0.25) is 9.78 Å². The Labute approximate surface area is 203 Å². The molecule has 1 heterocycles. The van der Waals surface area contributed by atoms with Crippen LogP contribution in [0.4, 0.5) is 0 Å². The molecule has 3 N–H and O–H groups in total. The highest BCUT2D eigenvalue weighted by Crippen LogP contribution is 2.55. The standard InChI is InChI=1S/C29H38N2O3/c1-19(18-34-25-10-15-31-24-9-5-6-20(2)26(24)25)16-22-17-21-7-3-4-8-23(21)28(22)11-13-29(30,14-12-28)27(32)33/h3-4,7-8,10,15,19-20,22H,5-6,9,11-14,16-18,30H2,1-2H3,(H,32,33)/t19-,20-,22?,28?,29?/m1/s1. The van der Waals surface area contributed by atoms with Gasteiger partial charge in [0.15, 0.2) is 0 Å². The lowest BCUT2D eigenvalue weighted by Gasteiger charge is -2.45. The summed E-state index contributed by atoms with van der Waals surface area (Å²) in [5, 5.41) is 9.67. The summed E-state index contributed by atoms with van der Waals surface area (Å²) in [6, 6.07) is 10.8. The van der Waals surface area contributed by atoms with E-state index in [0.29, 0.717) is 37.2 Å². The molecule has 0 bridgehead atoms. The van der Waals surface area contributed by atoms with Gasteiger partial charge in [-0.05, 0) is 98.1 Å². The largest absolute Gasteiger partial charge is 0.493 e. The number of aromatic nitrogens is 1. The number of pyridine rings is 1. The molecule has 0 aliphatic heterocycles. The van der Waals surface area contributed by atoms with E-state index >= 15 is 0 Å². The zero-order valence-corrected chi connectivity index (χ0v) is 20.6. The number of carboxylic acids is 1. The van der Waals surface area contributed by atoms with Gasteiger partial charge >= 0.3 is 5.97 Å². The summed E-state index contributed by atoms with van der Waals surface area (Å²) in [4.78, 5) is 16.4. The van der Waals surface area contributed by atoms with Gasteiger partial charge in [0, 0.05) is 17.5 Å². The average molecular weight is 463 g/mol. The van der Waals surface area contributed by atoms with E-state index < -0.39 is 11.5 Å². The molecule has 3 atom stereocenters. The van der Waals surface area contributed by atoms with Crippen molar-refractivity contribution in [3.63, 3.8) is 0 Å². The summed E-state index contributed by atoms with van der Waals surface area (Å²) < 4.78 is 6.43. The number of carboxylic acid groups (broad SMARTS) is 1. The quantitative estimate of drug-likeness (QED) is 0.601. The second-order valence-corrected chi connectivity index (χ2v) is 11.3. The van der Waals surface area contributed by atoms with Crippen molar-refractivity contribution in [2.45, 2.75) is 88.5 Å². The van der Waals surface area contributed by atoms with Crippen LogP contribution in [0.5, 0.6) is 5.75 Å². The number of nitrogens with two attached hydrogens (primary N) is 1. The number of aliphatic carboxylic acids is 1. The Kier molecular flexibility index (Phi) is 6.18. The molecule has 1 aromatic heterocycles. The molecule has 1 fully saturated rings. The summed E-state index contributed by atoms with van der Waals surface area (Å²) >= 11 is 0. The number of nitrogens with zero attached hydrogens (tertiary/aromatic N) is 1. The normalized spacial score (nSPS) is 31.0. The van der Waals surface area contributed by atoms with E-state index in [0.717, 1.165) is 37.9 Å². The van der Waals surface area contributed by atoms with Crippen molar-refractivity contribution in [1.29, 1.82) is 0 Å². The number of hydrogen-bond acceptors (Lipinski definition) is 4. The fourth-order valence-electron chi connectivity index (χ4n) is 7.06. The molecule has 1 unspecified atom stereocenters. The molecule has 5 nitrogen and oxygen atoms in total. The topological polar surface area (TPSA) is 85.4 Å². The number of aryl methyl sites for hydroxylation is 1. The van der Waals surface area contributed by atoms with E-state index in [1.54, 1.807) is 0 Å². The van der Waals surface area contributed by atoms with Crippen molar-refractivity contribution < 1.29 is 14.6 Å². The van der Waals surface area contributed by atoms with Crippen molar-refractivity contribution >= 4 is 5.97 Å². The Bertz CT molecular complexity index is 1060. The predicted molar refractivity (Wildman–Crippen MR) is 133 cm³/mol. The van der Waals surface area contributed by atoms with Crippen LogP contribution in [0.3, 0.4) is 0 Å². The second kappa shape index (κ2) is 8.99. The molecule has 0 saturated heterocycles. The number of carbonyl (C=O) groups is 1. The molecular formula is C29H38N2O3. The summed E-state index contributed by atoms with van der Waals surface area (Å²) in [6.07, 6.45) is 10.3. The zero-order valence-electron chi connectivity index (χ0n) is 20.6. The van der Waals surface area contributed by atoms with Gasteiger partial charge in [0.05, 0.1) is 6.61 Å². The molecule has 5 rings (SSSR count). The molecule has 3 aliphatic rings. The van der Waals surface area contributed by atoms with Crippen LogP contribution in [0.15, 0.2) is 36.5 Å². The molecule has 1 spiro atoms. The van der Waals surface area contributed by atoms with Crippen LogP contribution in [0.2, 0.25) is 0 Å². The highest BCUT2D eigenvalue weighted by molar-refractivity contribution is 5.78. The van der Waals surface area contributed by atoms with Crippen LogP contribution >= 0.6 is 0 Å². The fourth-order valence-corrected chi connectivity index (χ4v) is 7.06. The molecule has 5 heteroatoms. The zero-order chi connectivity index (χ0) is 23.9. The smallest absolute Gasteiger partial charge is 0.323 e. The molecule has 34 heavy (non-hydrogen) atoms. The lowest BCUT2D eigenvalue weighted by Crippen LogP contribution is -2.54. The van der Waals surface area contributed by atoms with Crippen molar-refractivity contribution in [2.24, 2.45) is 17.6 Å². The van der Waals surface area contributed by atoms with Crippen molar-refractivity contribution in [1.82, 2.24) is 4.98 Å². The van der Waals surface area contributed by atoms with Crippen LogP contribution in [-0.4, -0.2) is 28.2 Å². The third-order valence-electron chi connectivity index (χ3n) is 9.05. The molecule has 182 valence electrons. The first-order chi connectivity index (χ1) is 16.3. The minimum atomic E-state index is -1.08. The van der Waals surface area contributed by atoms with Crippen molar-refractivity contribution in [3.8, 4) is 5.75 Å². The highest BCUT2D eigenvalue weighted by Gasteiger charge is 2.52. The van der Waals surface area contributed by atoms with E-state index in [9.17, 15) is 9.90 Å². The van der Waals surface area contributed by atoms with Gasteiger partial charge in [0.1, 0.15) is 11.3 Å². The lowest BCUT2D eigenvalue weighted by molar-refractivity contribution is -0.145. The van der Waals surface area contributed by atoms with Crippen LogP contribution in [-0.2, 0) is 23.1 Å². The summed E-state index contributed by atoms with van der Waals surface area (Å²) in [7, 11) is 0. The Hall–Kier alpha value is -2.40. The number of hydrogen-bond donors (Lipinski definition) is 2. The highest BCUT2D eigenvalue weighted by atomic mass is 16.5. The maximum Gasteiger partial charge on any atom is 0.323 e. The van der Waals surface area contributed by atoms with Crippen molar-refractivity contribution in [2.75, 3.05) is 6.61 Å². The number of rotatable bonds is 6. The SMILES string of the molecule is C[C@@H](COc1ccnc2c1[C@H](C)CCC2)CC1Cc2ccccc2C12CCC(N)(C(=O)O)CC2. The van der Waals surface area contributed by atoms with Crippen LogP contribution in [0.1, 0.15) is 87.1 Å². The number of fused-ring (bicyclic) bond motifs is 3. The van der Waals surface area contributed by atoms with Gasteiger partial charge in [0.25, 0.3) is 0 Å². The number of benzene rings is 1. The van der Waals surface area contributed by atoms with Crippen molar-refractivity contribution in [3.05, 3.63) is 58.9 Å². The predicted octanol–water partition coefficient (Wildman–Crippen LogP) is 5.39. The van der Waals surface area contributed by atoms with Gasteiger partial charge in [-0.2, -0.15) is 0 Å². The Morgan fingerprint density at radius 3 is 2.76 bits per heavy atom. The van der Waals surface area contributed by atoms with Gasteiger partial charge < -0.3 is 15.6 Å². The fraction of sp³-hybridized carbons (Fsp3) is 0.586. The molecule has 3 aliphatic carbocycles. The molecule has 2 aromatic rings.